The normalized spacial score (nSPS) is 12.2. The van der Waals surface area contributed by atoms with E-state index in [0.29, 0.717) is 5.75 Å². The Kier molecular flexibility index (Phi) is 5.13. The number of nitrogens with one attached hydrogen (secondary N) is 1. The highest BCUT2D eigenvalue weighted by atomic mass is 19.1. The van der Waals surface area contributed by atoms with E-state index in [-0.39, 0.29) is 17.6 Å². The first-order valence-electron chi connectivity index (χ1n) is 6.97. The maximum Gasteiger partial charge on any atom is 0.165 e. The van der Waals surface area contributed by atoms with Gasteiger partial charge in [-0.2, -0.15) is 0 Å². The van der Waals surface area contributed by atoms with E-state index in [0.717, 1.165) is 18.5 Å². The van der Waals surface area contributed by atoms with Crippen molar-refractivity contribution < 1.29 is 9.13 Å². The summed E-state index contributed by atoms with van der Waals surface area (Å²) in [5, 5.41) is 3.42. The minimum Gasteiger partial charge on any atom is -0.454 e. The molecule has 0 aliphatic carbocycles. The van der Waals surface area contributed by atoms with Crippen LogP contribution in [0.5, 0.6) is 11.5 Å². The molecule has 0 saturated carbocycles. The van der Waals surface area contributed by atoms with Crippen molar-refractivity contribution >= 4 is 0 Å². The average molecular weight is 273 g/mol. The molecule has 2 rings (SSSR count). The molecule has 0 amide bonds. The van der Waals surface area contributed by atoms with E-state index in [1.807, 2.05) is 24.3 Å². The van der Waals surface area contributed by atoms with Crippen molar-refractivity contribution in [3.8, 4) is 11.5 Å². The van der Waals surface area contributed by atoms with E-state index in [2.05, 4.69) is 19.2 Å². The Morgan fingerprint density at radius 3 is 2.40 bits per heavy atom. The van der Waals surface area contributed by atoms with E-state index in [1.165, 1.54) is 6.07 Å². The van der Waals surface area contributed by atoms with E-state index in [9.17, 15) is 4.39 Å². The lowest BCUT2D eigenvalue weighted by Crippen LogP contribution is -2.19. The van der Waals surface area contributed by atoms with Crippen molar-refractivity contribution in [1.29, 1.82) is 0 Å². The lowest BCUT2D eigenvalue weighted by molar-refractivity contribution is 0.429. The summed E-state index contributed by atoms with van der Waals surface area (Å²) in [4.78, 5) is 0. The molecule has 0 aliphatic rings. The van der Waals surface area contributed by atoms with Gasteiger partial charge in [-0.3, -0.25) is 0 Å². The fraction of sp³-hybridized carbons (Fsp3) is 0.294. The molecule has 0 spiro atoms. The maximum atomic E-state index is 13.7. The molecule has 0 heterocycles. The topological polar surface area (TPSA) is 21.3 Å². The molecule has 0 saturated heterocycles. The van der Waals surface area contributed by atoms with E-state index >= 15 is 0 Å². The molecule has 2 aromatic rings. The first-order valence-corrected chi connectivity index (χ1v) is 6.97. The van der Waals surface area contributed by atoms with Gasteiger partial charge in [0.2, 0.25) is 0 Å². The summed E-state index contributed by atoms with van der Waals surface area (Å²) in [7, 11) is 0. The first-order chi connectivity index (χ1) is 9.72. The summed E-state index contributed by atoms with van der Waals surface area (Å²) in [5.74, 6) is 0.591. The van der Waals surface area contributed by atoms with E-state index in [4.69, 9.17) is 4.74 Å². The summed E-state index contributed by atoms with van der Waals surface area (Å²) >= 11 is 0. The second kappa shape index (κ2) is 7.06. The molecule has 0 aliphatic heterocycles. The van der Waals surface area contributed by atoms with Gasteiger partial charge in [-0.15, -0.1) is 0 Å². The monoisotopic (exact) mass is 273 g/mol. The molecule has 0 radical (unpaired) electrons. The molecule has 1 unspecified atom stereocenters. The Hall–Kier alpha value is -1.87. The van der Waals surface area contributed by atoms with Crippen molar-refractivity contribution in [2.24, 2.45) is 0 Å². The predicted molar refractivity (Wildman–Crippen MR) is 79.6 cm³/mol. The molecule has 2 aromatic carbocycles. The number of ether oxygens (including phenoxy) is 1. The van der Waals surface area contributed by atoms with Crippen LogP contribution < -0.4 is 10.1 Å². The van der Waals surface area contributed by atoms with Crippen LogP contribution >= 0.6 is 0 Å². The quantitative estimate of drug-likeness (QED) is 0.825. The highest BCUT2D eigenvalue weighted by molar-refractivity contribution is 5.39. The van der Waals surface area contributed by atoms with Crippen LogP contribution in [0, 0.1) is 5.82 Å². The van der Waals surface area contributed by atoms with Gasteiger partial charge in [0.15, 0.2) is 11.6 Å². The zero-order valence-electron chi connectivity index (χ0n) is 11.9. The highest BCUT2D eigenvalue weighted by Gasteiger charge is 2.12. The van der Waals surface area contributed by atoms with Crippen LogP contribution in [0.4, 0.5) is 4.39 Å². The number of halogens is 1. The molecule has 0 fully saturated rings. The maximum absolute atomic E-state index is 13.7. The zero-order chi connectivity index (χ0) is 14.4. The second-order valence-corrected chi connectivity index (χ2v) is 4.75. The smallest absolute Gasteiger partial charge is 0.165 e. The van der Waals surface area contributed by atoms with Crippen LogP contribution in [-0.4, -0.2) is 6.54 Å². The van der Waals surface area contributed by atoms with Gasteiger partial charge in [0.25, 0.3) is 0 Å². The van der Waals surface area contributed by atoms with Crippen LogP contribution in [0.1, 0.15) is 31.9 Å². The number of para-hydroxylation sites is 2. The Balaban J connectivity index is 2.22. The Morgan fingerprint density at radius 1 is 1.05 bits per heavy atom. The third-order valence-corrected chi connectivity index (χ3v) is 3.14. The van der Waals surface area contributed by atoms with Gasteiger partial charge in [0.1, 0.15) is 5.75 Å². The summed E-state index contributed by atoms with van der Waals surface area (Å²) in [6.07, 6.45) is 1.07. The van der Waals surface area contributed by atoms with E-state index < -0.39 is 0 Å². The van der Waals surface area contributed by atoms with Crippen LogP contribution in [0.2, 0.25) is 0 Å². The zero-order valence-corrected chi connectivity index (χ0v) is 11.9. The van der Waals surface area contributed by atoms with Crippen molar-refractivity contribution in [3.63, 3.8) is 0 Å². The number of hydrogen-bond acceptors (Lipinski definition) is 2. The fourth-order valence-corrected chi connectivity index (χ4v) is 2.05. The Bertz CT molecular complexity index is 556. The van der Waals surface area contributed by atoms with Gasteiger partial charge in [0, 0.05) is 11.6 Å². The minimum atomic E-state index is -0.350. The molecule has 0 aromatic heterocycles. The molecule has 1 N–H and O–H groups in total. The van der Waals surface area contributed by atoms with E-state index in [1.54, 1.807) is 18.2 Å². The minimum absolute atomic E-state index is 0.165. The number of benzene rings is 2. The van der Waals surface area contributed by atoms with Gasteiger partial charge in [-0.05, 0) is 38.1 Å². The van der Waals surface area contributed by atoms with Gasteiger partial charge in [-0.1, -0.05) is 37.3 Å². The van der Waals surface area contributed by atoms with Crippen molar-refractivity contribution in [2.45, 2.75) is 26.3 Å². The Labute approximate surface area is 119 Å². The number of hydrogen-bond donors (Lipinski definition) is 1. The molecular formula is C17H20FNO. The van der Waals surface area contributed by atoms with Crippen LogP contribution in [0.15, 0.2) is 48.5 Å². The lowest BCUT2D eigenvalue weighted by atomic mass is 10.1. The average Bonchev–Trinajstić information content (AvgIpc) is 2.48. The van der Waals surface area contributed by atoms with Crippen molar-refractivity contribution in [3.05, 3.63) is 59.9 Å². The number of rotatable bonds is 6. The summed E-state index contributed by atoms with van der Waals surface area (Å²) in [6, 6.07) is 14.3. The van der Waals surface area contributed by atoms with Crippen LogP contribution in [0.3, 0.4) is 0 Å². The molecule has 1 atom stereocenters. The molecule has 3 heteroatoms. The van der Waals surface area contributed by atoms with Crippen LogP contribution in [-0.2, 0) is 0 Å². The third-order valence-electron chi connectivity index (χ3n) is 3.14. The van der Waals surface area contributed by atoms with Crippen molar-refractivity contribution in [1.82, 2.24) is 5.32 Å². The second-order valence-electron chi connectivity index (χ2n) is 4.75. The highest BCUT2D eigenvalue weighted by Crippen LogP contribution is 2.30. The third kappa shape index (κ3) is 3.58. The Morgan fingerprint density at radius 2 is 1.70 bits per heavy atom. The fourth-order valence-electron chi connectivity index (χ4n) is 2.05. The summed E-state index contributed by atoms with van der Waals surface area (Å²) < 4.78 is 19.4. The summed E-state index contributed by atoms with van der Waals surface area (Å²) in [5.41, 5.74) is 1.03. The SMILES string of the molecule is CCCNC(C)c1ccccc1Oc1ccccc1F. The van der Waals surface area contributed by atoms with Gasteiger partial charge < -0.3 is 10.1 Å². The standard InChI is InChI=1S/C17H20FNO/c1-3-12-19-13(2)14-8-4-6-10-16(14)20-17-11-7-5-9-15(17)18/h4-11,13,19H,3,12H2,1-2H3. The molecule has 2 nitrogen and oxygen atoms in total. The van der Waals surface area contributed by atoms with Crippen molar-refractivity contribution in [2.75, 3.05) is 6.54 Å². The molecule has 20 heavy (non-hydrogen) atoms. The molecular weight excluding hydrogens is 253 g/mol. The van der Waals surface area contributed by atoms with Crippen LogP contribution in [0.25, 0.3) is 0 Å². The molecule has 106 valence electrons. The van der Waals surface area contributed by atoms with Gasteiger partial charge >= 0.3 is 0 Å². The first kappa shape index (κ1) is 14.5. The molecule has 0 bridgehead atoms. The largest absolute Gasteiger partial charge is 0.454 e. The summed E-state index contributed by atoms with van der Waals surface area (Å²) in [6.45, 7) is 5.15. The van der Waals surface area contributed by atoms with Gasteiger partial charge in [-0.25, -0.2) is 4.39 Å². The lowest BCUT2D eigenvalue weighted by Gasteiger charge is -2.18. The predicted octanol–water partition coefficient (Wildman–Crippen LogP) is 4.68. The van der Waals surface area contributed by atoms with Gasteiger partial charge in [0.05, 0.1) is 0 Å².